The number of carbonyl (C=O) groups excluding carboxylic acids is 5. The van der Waals surface area contributed by atoms with Crippen LogP contribution < -0.4 is 37.6 Å². The number of anilines is 7. The van der Waals surface area contributed by atoms with E-state index in [4.69, 9.17) is 17.3 Å². The lowest BCUT2D eigenvalue weighted by Gasteiger charge is -2.13. The van der Waals surface area contributed by atoms with Crippen molar-refractivity contribution >= 4 is 124 Å². The number of nitrogens with two attached hydrogens (primary N) is 1. The van der Waals surface area contributed by atoms with E-state index in [9.17, 15) is 59.1 Å². The molecule has 0 fully saturated rings. The van der Waals surface area contributed by atoms with Gasteiger partial charge in [-0.15, -0.1) is 0 Å². The molecule has 0 aliphatic carbocycles. The van der Waals surface area contributed by atoms with E-state index in [2.05, 4.69) is 110 Å². The fourth-order valence-electron chi connectivity index (χ4n) is 16.6. The highest BCUT2D eigenvalue weighted by molar-refractivity contribution is 6.34. The number of fused-ring (bicyclic) bond motifs is 4. The molecule has 21 rings (SSSR count). The molecule has 0 bridgehead atoms. The van der Waals surface area contributed by atoms with E-state index in [1.807, 2.05) is 247 Å². The maximum Gasteiger partial charge on any atom is 0.416 e. The van der Waals surface area contributed by atoms with Crippen molar-refractivity contribution in [1.82, 2.24) is 39.9 Å². The van der Waals surface area contributed by atoms with Crippen molar-refractivity contribution in [3.63, 3.8) is 0 Å². The van der Waals surface area contributed by atoms with Crippen LogP contribution in [-0.4, -0.2) is 69.6 Å². The third-order valence-electron chi connectivity index (χ3n) is 24.4. The minimum atomic E-state index is -4.51. The van der Waals surface area contributed by atoms with Crippen molar-refractivity contribution in [2.75, 3.05) is 37.6 Å². The number of para-hydroxylation sites is 1. The van der Waals surface area contributed by atoms with Crippen LogP contribution in [0.3, 0.4) is 0 Å². The number of H-pyrrole nitrogens is 2. The Balaban J connectivity index is 0.000000126. The van der Waals surface area contributed by atoms with E-state index < -0.39 is 53.0 Å². The Morgan fingerprint density at radius 2 is 0.784 bits per heavy atom. The van der Waals surface area contributed by atoms with Gasteiger partial charge < -0.3 is 42.6 Å². The minimum absolute atomic E-state index is 0.0572. The molecule has 734 valence electrons. The van der Waals surface area contributed by atoms with Crippen LogP contribution >= 0.6 is 11.6 Å². The zero-order chi connectivity index (χ0) is 104. The Morgan fingerprint density at radius 3 is 1.24 bits per heavy atom. The van der Waals surface area contributed by atoms with E-state index in [-0.39, 0.29) is 34.3 Å². The van der Waals surface area contributed by atoms with Crippen LogP contribution in [0.2, 0.25) is 5.02 Å². The van der Waals surface area contributed by atoms with Crippen molar-refractivity contribution in [3.05, 3.63) is 473 Å². The highest BCUT2D eigenvalue weighted by Gasteiger charge is 2.33. The number of nitrogens with one attached hydrogen (secondary N) is 8. The number of aromatic nitrogens is 8. The number of benzene rings is 15. The smallest absolute Gasteiger partial charge is 0.397 e. The summed E-state index contributed by atoms with van der Waals surface area (Å²) < 4.78 is 106. The predicted molar refractivity (Wildman–Crippen MR) is 572 cm³/mol. The lowest BCUT2D eigenvalue weighted by molar-refractivity contribution is -0.138. The number of pyridine rings is 3. The minimum Gasteiger partial charge on any atom is -0.397 e. The van der Waals surface area contributed by atoms with Gasteiger partial charge in [0.1, 0.15) is 11.6 Å². The largest absolute Gasteiger partial charge is 0.416 e. The second-order valence-electron chi connectivity index (χ2n) is 34.7. The van der Waals surface area contributed by atoms with Gasteiger partial charge in [-0.1, -0.05) is 127 Å². The molecule has 6 heterocycles. The first-order valence-electron chi connectivity index (χ1n) is 46.3. The highest BCUT2D eigenvalue weighted by Crippen LogP contribution is 2.39. The van der Waals surface area contributed by atoms with Crippen molar-refractivity contribution in [1.29, 1.82) is 0 Å². The van der Waals surface area contributed by atoms with Gasteiger partial charge in [-0.05, 0) is 347 Å². The van der Waals surface area contributed by atoms with Gasteiger partial charge in [0.25, 0.3) is 23.6 Å². The molecular weight excluding hydrogens is 1910 g/mol. The third kappa shape index (κ3) is 24.7. The number of nitrogens with zero attached hydrogens (tertiary/aromatic N) is 6. The Kier molecular flexibility index (Phi) is 30.5. The van der Waals surface area contributed by atoms with Gasteiger partial charge in [0.05, 0.1) is 44.5 Å². The monoisotopic (exact) mass is 2000 g/mol. The Labute approximate surface area is 848 Å². The Hall–Kier alpha value is -18.8. The molecule has 0 saturated carbocycles. The maximum atomic E-state index is 13.7. The molecule has 0 spiro atoms. The molecule has 0 saturated heterocycles. The number of aryl methyl sites for hydroxylation is 5. The number of carbonyl (C=O) groups is 5. The summed E-state index contributed by atoms with van der Waals surface area (Å²) in [5, 5.41) is 35.5. The molecule has 0 aliphatic heterocycles. The van der Waals surface area contributed by atoms with E-state index in [1.165, 1.54) is 30.3 Å². The van der Waals surface area contributed by atoms with Crippen molar-refractivity contribution < 1.29 is 59.1 Å². The lowest BCUT2D eigenvalue weighted by Crippen LogP contribution is -2.20. The number of urea groups is 1. The molecule has 0 aliphatic rings. The molecule has 0 atom stereocenters. The van der Waals surface area contributed by atoms with Gasteiger partial charge in [-0.2, -0.15) is 36.5 Å². The predicted octanol–water partition coefficient (Wildman–Crippen LogP) is 30.2. The van der Waals surface area contributed by atoms with Crippen LogP contribution in [0.25, 0.3) is 116 Å². The molecule has 0 unspecified atom stereocenters. The molecular formula is C119H90ClF8N15O5. The van der Waals surface area contributed by atoms with Crippen LogP contribution in [0.5, 0.6) is 0 Å². The zero-order valence-electron chi connectivity index (χ0n) is 79.7. The Morgan fingerprint density at radius 1 is 0.351 bits per heavy atom. The number of alkyl halides is 6. The number of rotatable bonds is 17. The van der Waals surface area contributed by atoms with Crippen molar-refractivity contribution in [2.24, 2.45) is 0 Å². The van der Waals surface area contributed by atoms with Gasteiger partial charge in [-0.3, -0.25) is 39.2 Å². The lowest BCUT2D eigenvalue weighted by atomic mass is 9.97. The number of halogens is 9. The van der Waals surface area contributed by atoms with Gasteiger partial charge >= 0.3 is 18.4 Å². The molecule has 15 aromatic carbocycles. The molecule has 29 heteroatoms. The van der Waals surface area contributed by atoms with Gasteiger partial charge in [0.15, 0.2) is 0 Å². The van der Waals surface area contributed by atoms with E-state index in [0.29, 0.717) is 45.0 Å². The number of amides is 6. The van der Waals surface area contributed by atoms with Crippen LogP contribution in [-0.2, 0) is 12.4 Å². The first-order valence-corrected chi connectivity index (χ1v) is 46.7. The summed E-state index contributed by atoms with van der Waals surface area (Å²) in [4.78, 5) is 78.4. The summed E-state index contributed by atoms with van der Waals surface area (Å²) in [7, 11) is 0. The maximum absolute atomic E-state index is 13.7. The summed E-state index contributed by atoms with van der Waals surface area (Å²) in [6.45, 7) is 10.0. The number of hydrogen-bond acceptors (Lipinski definition) is 11. The molecule has 20 nitrogen and oxygen atoms in total. The summed E-state index contributed by atoms with van der Waals surface area (Å²) in [5.41, 5.74) is 27.3. The van der Waals surface area contributed by atoms with Gasteiger partial charge in [-0.25, -0.2) is 18.3 Å². The quantitative estimate of drug-likeness (QED) is 0.0305. The SMILES string of the molecule is Cc1ccc(NC(=O)Nc2ccc(F)cc2F)cc1-c1ccc2ccncc2c1.Cc1ccc(NC(=O)c2ccc3[nH]ccc3c2)cc1-c1ccc2ccncc2c1.Cc1ccc(NC(=O)c2cccc(C(F)(F)F)c2)cc1-c1cccc(-c2ccn[nH]2)c1.Cc1ccc(NC(=O)c2cccc(C(F)(F)F)c2)cc1-c1cccc(-n2cccn2)c1.Cc1ccc(NC(=O)c2cccc(Cl)c2N)cc1-c1ccc2ccncc2c1. The topological polar surface area (TPSA) is 285 Å². The Bertz CT molecular complexity index is 8360. The van der Waals surface area contributed by atoms with Crippen LogP contribution in [0.15, 0.2) is 396 Å². The van der Waals surface area contributed by atoms with Crippen LogP contribution in [0.1, 0.15) is 80.4 Å². The van der Waals surface area contributed by atoms with Crippen molar-refractivity contribution in [2.45, 2.75) is 47.0 Å². The van der Waals surface area contributed by atoms with Crippen molar-refractivity contribution in [3.8, 4) is 72.6 Å². The standard InChI is InChI=1S/C25H19N3O.2C24H18F3N3O.C23H18ClN3O.C23H17F2N3O/c1-16-2-6-22(28-25(29)20-5-7-24-19(13-20)9-11-27-24)14-23(16)18-4-3-17-8-10-26-15-21(17)12-18;1-16-9-10-20(29-23(31)18-6-2-7-19(13-18)24(25,26)27)15-22(16)17-5-3-8-21(14-17)30-12-4-11-28-30;1-15-8-9-20(29-23(31)18-6-3-7-19(13-18)24(25,26)27)14-21(15)16-4-2-5-17(12-16)22-10-11-28-30-22;1-14-5-8-18(27-23(28)19-3-2-4-21(24)22(19)25)12-20(14)16-7-6-15-9-10-26-13-17(15)11-16;1-14-2-6-19(27-23(29)28-22-7-5-18(24)11-21(22)25)12-20(14)16-4-3-15-8-9-26-13-17(15)10-16/h2-15,27H,1H3,(H,28,29);2-15H,1H3,(H,29,31);2-14H,1H3,(H,28,30)(H,29,31);2-13H,25H2,1H3,(H,27,28);2-13H,1H3,(H2,27,28,29). The van der Waals surface area contributed by atoms with E-state index >= 15 is 0 Å². The van der Waals surface area contributed by atoms with Gasteiger partial charge in [0, 0.05) is 146 Å². The molecule has 6 amide bonds. The third-order valence-corrected chi connectivity index (χ3v) is 24.8. The molecule has 10 N–H and O–H groups in total. The average Bonchev–Trinajstić information content (AvgIpc) is 0.837. The fourth-order valence-corrected chi connectivity index (χ4v) is 16.8. The number of aromatic amines is 2. The van der Waals surface area contributed by atoms with E-state index in [1.54, 1.807) is 78.3 Å². The number of nitrogen functional groups attached to an aromatic ring is 1. The first kappa shape index (κ1) is 101. The van der Waals surface area contributed by atoms with E-state index in [0.717, 1.165) is 180 Å². The summed E-state index contributed by atoms with van der Waals surface area (Å²) in [6, 6.07) is 95.8. The molecule has 6 aromatic heterocycles. The zero-order valence-corrected chi connectivity index (χ0v) is 80.5. The summed E-state index contributed by atoms with van der Waals surface area (Å²) >= 11 is 6.02. The second kappa shape index (κ2) is 44.8. The first-order chi connectivity index (χ1) is 71.3. The normalized spacial score (nSPS) is 11.1. The van der Waals surface area contributed by atoms with Gasteiger partial charge in [0.2, 0.25) is 0 Å². The highest BCUT2D eigenvalue weighted by atomic mass is 35.5. The molecule has 21 aromatic rings. The fraction of sp³-hybridized carbons (Fsp3) is 0.0588. The molecule has 0 radical (unpaired) electrons. The summed E-state index contributed by atoms with van der Waals surface area (Å²) in [5.74, 6) is -3.17. The van der Waals surface area contributed by atoms with Crippen LogP contribution in [0.4, 0.5) is 79.7 Å². The second-order valence-corrected chi connectivity index (χ2v) is 35.1. The van der Waals surface area contributed by atoms with Crippen LogP contribution in [0, 0.1) is 46.3 Å². The number of hydrogen-bond donors (Lipinski definition) is 9. The molecule has 148 heavy (non-hydrogen) atoms. The average molecular weight is 2000 g/mol. The summed E-state index contributed by atoms with van der Waals surface area (Å²) in [6.07, 6.45) is 8.94.